The third-order valence-electron chi connectivity index (χ3n) is 4.28. The first kappa shape index (κ1) is 16.4. The zero-order valence-electron chi connectivity index (χ0n) is 13.8. The molecule has 0 saturated carbocycles. The lowest BCUT2D eigenvalue weighted by Gasteiger charge is -2.10. The Labute approximate surface area is 149 Å². The van der Waals surface area contributed by atoms with E-state index in [1.807, 2.05) is 18.2 Å². The van der Waals surface area contributed by atoms with Gasteiger partial charge in [0.15, 0.2) is 11.5 Å². The fourth-order valence-electron chi connectivity index (χ4n) is 2.93. The van der Waals surface area contributed by atoms with Crippen LogP contribution < -0.4 is 25.8 Å². The van der Waals surface area contributed by atoms with Crippen LogP contribution in [0.15, 0.2) is 47.6 Å². The minimum Gasteiger partial charge on any atom is -0.508 e. The van der Waals surface area contributed by atoms with E-state index < -0.39 is 6.04 Å². The Balaban J connectivity index is 1.34. The number of aromatic hydroxyl groups is 1. The van der Waals surface area contributed by atoms with E-state index in [2.05, 4.69) is 21.4 Å². The zero-order valence-corrected chi connectivity index (χ0v) is 13.8. The highest BCUT2D eigenvalue weighted by atomic mass is 16.7. The average Bonchev–Trinajstić information content (AvgIpc) is 3.30. The molecule has 0 aromatic heterocycles. The first-order valence-corrected chi connectivity index (χ1v) is 8.21. The van der Waals surface area contributed by atoms with Crippen LogP contribution in [0, 0.1) is 0 Å². The van der Waals surface area contributed by atoms with Crippen LogP contribution in [-0.2, 0) is 4.79 Å². The van der Waals surface area contributed by atoms with Gasteiger partial charge < -0.3 is 14.6 Å². The van der Waals surface area contributed by atoms with Crippen molar-refractivity contribution < 1.29 is 19.4 Å². The van der Waals surface area contributed by atoms with E-state index in [1.165, 1.54) is 6.21 Å². The molecule has 1 saturated heterocycles. The normalized spacial score (nSPS) is 21.2. The molecule has 2 aromatic rings. The lowest BCUT2D eigenvalue weighted by Crippen LogP contribution is -2.41. The quantitative estimate of drug-likeness (QED) is 0.486. The number of rotatable bonds is 4. The Kier molecular flexibility index (Phi) is 4.42. The summed E-state index contributed by atoms with van der Waals surface area (Å²) in [5, 5.41) is 13.3. The number of nitrogens with zero attached hydrogens (tertiary/aromatic N) is 1. The number of nitrogens with one attached hydrogen (secondary N) is 3. The van der Waals surface area contributed by atoms with Crippen LogP contribution in [0.25, 0.3) is 0 Å². The van der Waals surface area contributed by atoms with Gasteiger partial charge in [-0.2, -0.15) is 5.10 Å². The molecule has 1 amide bonds. The molecule has 134 valence electrons. The van der Waals surface area contributed by atoms with E-state index in [4.69, 9.17) is 9.47 Å². The molecule has 2 aliphatic heterocycles. The monoisotopic (exact) mass is 354 g/mol. The van der Waals surface area contributed by atoms with Crippen LogP contribution in [0.4, 0.5) is 0 Å². The molecule has 2 heterocycles. The molecule has 4 N–H and O–H groups in total. The highest BCUT2D eigenvalue weighted by Gasteiger charge is 2.30. The highest BCUT2D eigenvalue weighted by molar-refractivity contribution is 5.85. The molecule has 26 heavy (non-hydrogen) atoms. The summed E-state index contributed by atoms with van der Waals surface area (Å²) in [6.07, 6.45) is 2.06. The summed E-state index contributed by atoms with van der Waals surface area (Å²) in [5.74, 6) is 1.36. The Morgan fingerprint density at radius 1 is 1.19 bits per heavy atom. The number of carbonyl (C=O) groups is 1. The van der Waals surface area contributed by atoms with E-state index in [9.17, 15) is 9.90 Å². The van der Waals surface area contributed by atoms with Gasteiger partial charge in [-0.25, -0.2) is 16.3 Å². The second-order valence-electron chi connectivity index (χ2n) is 6.07. The summed E-state index contributed by atoms with van der Waals surface area (Å²) in [4.78, 5) is 12.2. The summed E-state index contributed by atoms with van der Waals surface area (Å²) < 4.78 is 10.7. The topological polar surface area (TPSA) is 104 Å². The molecule has 0 spiro atoms. The molecule has 1 fully saturated rings. The molecule has 0 bridgehead atoms. The van der Waals surface area contributed by atoms with Crippen molar-refractivity contribution in [2.45, 2.75) is 18.5 Å². The molecule has 2 aromatic carbocycles. The van der Waals surface area contributed by atoms with E-state index in [0.29, 0.717) is 17.7 Å². The second-order valence-corrected chi connectivity index (χ2v) is 6.07. The first-order valence-electron chi connectivity index (χ1n) is 8.21. The highest BCUT2D eigenvalue weighted by Crippen LogP contribution is 2.35. The third-order valence-corrected chi connectivity index (χ3v) is 4.28. The molecule has 2 atom stereocenters. The number of fused-ring (bicyclic) bond motifs is 1. The van der Waals surface area contributed by atoms with Crippen LogP contribution in [0.2, 0.25) is 0 Å². The fourth-order valence-corrected chi connectivity index (χ4v) is 2.93. The smallest absolute Gasteiger partial charge is 0.258 e. The van der Waals surface area contributed by atoms with Crippen molar-refractivity contribution in [3.8, 4) is 17.2 Å². The van der Waals surface area contributed by atoms with E-state index >= 15 is 0 Å². The van der Waals surface area contributed by atoms with Gasteiger partial charge in [0, 0.05) is 6.04 Å². The van der Waals surface area contributed by atoms with Crippen LogP contribution in [0.3, 0.4) is 0 Å². The van der Waals surface area contributed by atoms with Gasteiger partial charge in [-0.15, -0.1) is 0 Å². The van der Waals surface area contributed by atoms with Crippen molar-refractivity contribution in [3.05, 3.63) is 53.6 Å². The largest absolute Gasteiger partial charge is 0.508 e. The van der Waals surface area contributed by atoms with Crippen LogP contribution >= 0.6 is 0 Å². The van der Waals surface area contributed by atoms with Gasteiger partial charge in [0.05, 0.1) is 6.21 Å². The van der Waals surface area contributed by atoms with Gasteiger partial charge in [-0.05, 0) is 41.8 Å². The standard InChI is InChI=1S/C18H18N4O4/c23-13-3-1-2-11(6-13)9-19-22-18(24)15-8-14(20-21-15)12-4-5-16-17(7-12)26-10-25-16/h1-7,9,14-15,20-21,23H,8,10H2,(H,22,24)/b19-9+. The maximum absolute atomic E-state index is 12.2. The number of benzene rings is 2. The van der Waals surface area contributed by atoms with Crippen molar-refractivity contribution in [3.63, 3.8) is 0 Å². The van der Waals surface area contributed by atoms with Gasteiger partial charge in [-0.3, -0.25) is 4.79 Å². The molecule has 8 heteroatoms. The first-order chi connectivity index (χ1) is 12.7. The van der Waals surface area contributed by atoms with Crippen molar-refractivity contribution in [1.29, 1.82) is 0 Å². The molecule has 2 aliphatic rings. The maximum Gasteiger partial charge on any atom is 0.258 e. The van der Waals surface area contributed by atoms with Crippen LogP contribution in [0.5, 0.6) is 17.2 Å². The van der Waals surface area contributed by atoms with Crippen molar-refractivity contribution in [2.24, 2.45) is 5.10 Å². The molecule has 4 rings (SSSR count). The molecule has 8 nitrogen and oxygen atoms in total. The predicted octanol–water partition coefficient (Wildman–Crippen LogP) is 1.18. The Morgan fingerprint density at radius 2 is 2.08 bits per heavy atom. The second kappa shape index (κ2) is 7.03. The minimum absolute atomic E-state index is 0.0182. The minimum atomic E-state index is -0.410. The van der Waals surface area contributed by atoms with E-state index in [1.54, 1.807) is 24.3 Å². The SMILES string of the molecule is O=C(N/N=C/c1cccc(O)c1)C1CC(c2ccc3c(c2)OCO3)NN1. The summed E-state index contributed by atoms with van der Waals surface area (Å²) in [6.45, 7) is 0.233. The van der Waals surface area contributed by atoms with Gasteiger partial charge in [0.2, 0.25) is 6.79 Å². The third kappa shape index (κ3) is 3.46. The lowest BCUT2D eigenvalue weighted by atomic mass is 10.0. The van der Waals surface area contributed by atoms with Crippen LogP contribution in [0.1, 0.15) is 23.6 Å². The zero-order chi connectivity index (χ0) is 17.9. The Morgan fingerprint density at radius 3 is 2.96 bits per heavy atom. The Bertz CT molecular complexity index is 855. The van der Waals surface area contributed by atoms with Gasteiger partial charge in [0.1, 0.15) is 11.8 Å². The number of ether oxygens (including phenoxy) is 2. The molecular formula is C18H18N4O4. The van der Waals surface area contributed by atoms with Gasteiger partial charge in [-0.1, -0.05) is 18.2 Å². The number of hydrazine groups is 1. The number of phenols is 1. The van der Waals surface area contributed by atoms with Crippen molar-refractivity contribution in [2.75, 3.05) is 6.79 Å². The van der Waals surface area contributed by atoms with E-state index in [0.717, 1.165) is 11.3 Å². The Hall–Kier alpha value is -3.10. The van der Waals surface area contributed by atoms with Gasteiger partial charge in [0.25, 0.3) is 5.91 Å². The molecule has 0 radical (unpaired) electrons. The average molecular weight is 354 g/mol. The number of hydrogen-bond donors (Lipinski definition) is 4. The molecule has 0 aliphatic carbocycles. The summed E-state index contributed by atoms with van der Waals surface area (Å²) in [6, 6.07) is 11.9. The summed E-state index contributed by atoms with van der Waals surface area (Å²) in [5.41, 5.74) is 10.3. The number of phenolic OH excluding ortho intramolecular Hbond substituents is 1. The number of amides is 1. The number of hydrogen-bond acceptors (Lipinski definition) is 7. The van der Waals surface area contributed by atoms with Crippen molar-refractivity contribution in [1.82, 2.24) is 16.3 Å². The number of carbonyl (C=O) groups excluding carboxylic acids is 1. The van der Waals surface area contributed by atoms with E-state index in [-0.39, 0.29) is 24.5 Å². The van der Waals surface area contributed by atoms with Crippen LogP contribution in [-0.4, -0.2) is 30.1 Å². The van der Waals surface area contributed by atoms with Gasteiger partial charge >= 0.3 is 0 Å². The lowest BCUT2D eigenvalue weighted by molar-refractivity contribution is -0.122. The fraction of sp³-hybridized carbons (Fsp3) is 0.222. The number of hydrazone groups is 1. The predicted molar refractivity (Wildman–Crippen MR) is 93.8 cm³/mol. The molecule has 2 unspecified atom stereocenters. The maximum atomic E-state index is 12.2. The van der Waals surface area contributed by atoms with Crippen molar-refractivity contribution >= 4 is 12.1 Å². The summed E-state index contributed by atoms with van der Waals surface area (Å²) in [7, 11) is 0. The molecular weight excluding hydrogens is 336 g/mol. The summed E-state index contributed by atoms with van der Waals surface area (Å²) >= 11 is 0.